The molecule has 20 heavy (non-hydrogen) atoms. The van der Waals surface area contributed by atoms with Gasteiger partial charge in [-0.1, -0.05) is 6.07 Å². The molecule has 1 aromatic heterocycles. The Morgan fingerprint density at radius 1 is 1.20 bits per heavy atom. The fourth-order valence-electron chi connectivity index (χ4n) is 2.06. The van der Waals surface area contributed by atoms with Crippen LogP contribution < -0.4 is 9.47 Å². The highest BCUT2D eigenvalue weighted by Gasteiger charge is 2.14. The van der Waals surface area contributed by atoms with Gasteiger partial charge in [0.15, 0.2) is 11.5 Å². The molecule has 0 saturated carbocycles. The van der Waals surface area contributed by atoms with Crippen molar-refractivity contribution in [3.8, 4) is 11.5 Å². The highest BCUT2D eigenvalue weighted by molar-refractivity contribution is 5.43. The standard InChI is InChI=1S/C14H19N3O3/c1-9-15-10(2)17(16-9)8-12(18)11-5-6-13(19-3)14(7-11)20-4/h5-7,12,18H,8H2,1-4H3. The van der Waals surface area contributed by atoms with Gasteiger partial charge >= 0.3 is 0 Å². The summed E-state index contributed by atoms with van der Waals surface area (Å²) in [7, 11) is 3.15. The van der Waals surface area contributed by atoms with Crippen LogP contribution in [0.3, 0.4) is 0 Å². The van der Waals surface area contributed by atoms with Gasteiger partial charge in [0.2, 0.25) is 0 Å². The van der Waals surface area contributed by atoms with Crippen molar-refractivity contribution < 1.29 is 14.6 Å². The molecule has 1 atom stereocenters. The SMILES string of the molecule is COc1ccc(C(O)Cn2nc(C)nc2C)cc1OC. The fourth-order valence-corrected chi connectivity index (χ4v) is 2.06. The summed E-state index contributed by atoms with van der Waals surface area (Å²) in [6.45, 7) is 4.04. The van der Waals surface area contributed by atoms with Crippen molar-refractivity contribution in [3.63, 3.8) is 0 Å². The summed E-state index contributed by atoms with van der Waals surface area (Å²) in [5, 5.41) is 14.5. The summed E-state index contributed by atoms with van der Waals surface area (Å²) in [6, 6.07) is 5.35. The largest absolute Gasteiger partial charge is 0.493 e. The van der Waals surface area contributed by atoms with Crippen LogP contribution in [-0.4, -0.2) is 34.1 Å². The Morgan fingerprint density at radius 2 is 1.90 bits per heavy atom. The van der Waals surface area contributed by atoms with E-state index in [1.807, 2.05) is 19.9 Å². The molecule has 0 aliphatic heterocycles. The average molecular weight is 277 g/mol. The van der Waals surface area contributed by atoms with E-state index in [1.54, 1.807) is 31.0 Å². The molecule has 0 fully saturated rings. The van der Waals surface area contributed by atoms with Crippen molar-refractivity contribution in [1.82, 2.24) is 14.8 Å². The maximum atomic E-state index is 10.3. The number of aromatic nitrogens is 3. The fraction of sp³-hybridized carbons (Fsp3) is 0.429. The molecule has 0 radical (unpaired) electrons. The van der Waals surface area contributed by atoms with E-state index in [0.717, 1.165) is 11.4 Å². The molecule has 1 aromatic carbocycles. The number of nitrogens with zero attached hydrogens (tertiary/aromatic N) is 3. The second-order valence-corrected chi connectivity index (χ2v) is 4.52. The molecule has 2 rings (SSSR count). The van der Waals surface area contributed by atoms with E-state index in [9.17, 15) is 5.11 Å². The number of aliphatic hydroxyl groups excluding tert-OH is 1. The number of ether oxygens (including phenoxy) is 2. The van der Waals surface area contributed by atoms with E-state index in [-0.39, 0.29) is 0 Å². The molecule has 0 aliphatic rings. The minimum absolute atomic E-state index is 0.349. The van der Waals surface area contributed by atoms with Crippen LogP contribution in [0.25, 0.3) is 0 Å². The molecule has 0 spiro atoms. The van der Waals surface area contributed by atoms with E-state index in [2.05, 4.69) is 10.1 Å². The van der Waals surface area contributed by atoms with E-state index >= 15 is 0 Å². The number of aryl methyl sites for hydroxylation is 2. The molecule has 1 N–H and O–H groups in total. The maximum absolute atomic E-state index is 10.3. The van der Waals surface area contributed by atoms with Crippen LogP contribution in [0.1, 0.15) is 23.3 Å². The lowest BCUT2D eigenvalue weighted by molar-refractivity contribution is 0.150. The van der Waals surface area contributed by atoms with Gasteiger partial charge in [0.25, 0.3) is 0 Å². The van der Waals surface area contributed by atoms with E-state index < -0.39 is 6.10 Å². The van der Waals surface area contributed by atoms with Gasteiger partial charge < -0.3 is 14.6 Å². The average Bonchev–Trinajstić information content (AvgIpc) is 2.75. The summed E-state index contributed by atoms with van der Waals surface area (Å²) in [4.78, 5) is 4.21. The Morgan fingerprint density at radius 3 is 2.45 bits per heavy atom. The van der Waals surface area contributed by atoms with Crippen molar-refractivity contribution >= 4 is 0 Å². The van der Waals surface area contributed by atoms with Crippen molar-refractivity contribution in [2.24, 2.45) is 0 Å². The van der Waals surface area contributed by atoms with Gasteiger partial charge in [-0.05, 0) is 31.5 Å². The Kier molecular flexibility index (Phi) is 4.24. The monoisotopic (exact) mass is 277 g/mol. The van der Waals surface area contributed by atoms with Crippen LogP contribution >= 0.6 is 0 Å². The van der Waals surface area contributed by atoms with Crippen LogP contribution in [-0.2, 0) is 6.54 Å². The smallest absolute Gasteiger partial charge is 0.161 e. The van der Waals surface area contributed by atoms with Crippen molar-refractivity contribution in [2.75, 3.05) is 14.2 Å². The molecule has 6 nitrogen and oxygen atoms in total. The van der Waals surface area contributed by atoms with Crippen LogP contribution in [0.2, 0.25) is 0 Å². The minimum atomic E-state index is -0.686. The molecule has 0 bridgehead atoms. The predicted molar refractivity (Wildman–Crippen MR) is 74.0 cm³/mol. The summed E-state index contributed by atoms with van der Waals surface area (Å²) < 4.78 is 12.1. The van der Waals surface area contributed by atoms with Gasteiger partial charge in [0.05, 0.1) is 26.9 Å². The molecule has 1 unspecified atom stereocenters. The quantitative estimate of drug-likeness (QED) is 0.900. The summed E-state index contributed by atoms with van der Waals surface area (Å²) in [5.74, 6) is 2.70. The van der Waals surface area contributed by atoms with Crippen molar-refractivity contribution in [3.05, 3.63) is 35.4 Å². The number of rotatable bonds is 5. The normalized spacial score (nSPS) is 12.2. The van der Waals surface area contributed by atoms with Gasteiger partial charge in [0.1, 0.15) is 11.6 Å². The number of aliphatic hydroxyl groups is 1. The molecule has 0 amide bonds. The third-order valence-corrected chi connectivity index (χ3v) is 3.10. The second kappa shape index (κ2) is 5.92. The van der Waals surface area contributed by atoms with Crippen LogP contribution in [0.4, 0.5) is 0 Å². The van der Waals surface area contributed by atoms with Gasteiger partial charge in [-0.25, -0.2) is 9.67 Å². The highest BCUT2D eigenvalue weighted by Crippen LogP contribution is 2.30. The lowest BCUT2D eigenvalue weighted by atomic mass is 10.1. The van der Waals surface area contributed by atoms with Gasteiger partial charge in [-0.2, -0.15) is 5.10 Å². The van der Waals surface area contributed by atoms with E-state index in [4.69, 9.17) is 9.47 Å². The molecule has 0 saturated heterocycles. The zero-order valence-electron chi connectivity index (χ0n) is 12.1. The topological polar surface area (TPSA) is 69.4 Å². The maximum Gasteiger partial charge on any atom is 0.161 e. The Hall–Kier alpha value is -2.08. The Bertz CT molecular complexity index is 595. The van der Waals surface area contributed by atoms with Gasteiger partial charge in [-0.3, -0.25) is 0 Å². The number of benzene rings is 1. The molecular weight excluding hydrogens is 258 g/mol. The highest BCUT2D eigenvalue weighted by atomic mass is 16.5. The summed E-state index contributed by atoms with van der Waals surface area (Å²) in [6.07, 6.45) is -0.686. The molecule has 1 heterocycles. The minimum Gasteiger partial charge on any atom is -0.493 e. The lowest BCUT2D eigenvalue weighted by Crippen LogP contribution is -2.11. The molecule has 2 aromatic rings. The third-order valence-electron chi connectivity index (χ3n) is 3.10. The predicted octanol–water partition coefficient (Wildman–Crippen LogP) is 1.65. The number of hydrogen-bond acceptors (Lipinski definition) is 5. The number of methoxy groups -OCH3 is 2. The third kappa shape index (κ3) is 2.91. The molecule has 108 valence electrons. The van der Waals surface area contributed by atoms with E-state index in [1.165, 1.54) is 0 Å². The zero-order chi connectivity index (χ0) is 14.7. The zero-order valence-corrected chi connectivity index (χ0v) is 12.1. The van der Waals surface area contributed by atoms with Crippen LogP contribution in [0.5, 0.6) is 11.5 Å². The van der Waals surface area contributed by atoms with Crippen LogP contribution in [0, 0.1) is 13.8 Å². The molecule has 0 aliphatic carbocycles. The van der Waals surface area contributed by atoms with Crippen molar-refractivity contribution in [2.45, 2.75) is 26.5 Å². The Labute approximate surface area is 118 Å². The first-order chi connectivity index (χ1) is 9.55. The summed E-state index contributed by atoms with van der Waals surface area (Å²) >= 11 is 0. The van der Waals surface area contributed by atoms with Gasteiger partial charge in [-0.15, -0.1) is 0 Å². The van der Waals surface area contributed by atoms with Crippen LogP contribution in [0.15, 0.2) is 18.2 Å². The lowest BCUT2D eigenvalue weighted by Gasteiger charge is -2.14. The van der Waals surface area contributed by atoms with Crippen molar-refractivity contribution in [1.29, 1.82) is 0 Å². The Balaban J connectivity index is 2.20. The van der Waals surface area contributed by atoms with Gasteiger partial charge in [0, 0.05) is 0 Å². The first-order valence-electron chi connectivity index (χ1n) is 6.33. The van der Waals surface area contributed by atoms with E-state index in [0.29, 0.717) is 23.9 Å². The molecule has 6 heteroatoms. The first-order valence-corrected chi connectivity index (χ1v) is 6.33. The first kappa shape index (κ1) is 14.3. The summed E-state index contributed by atoms with van der Waals surface area (Å²) in [5.41, 5.74) is 0.746. The molecular formula is C14H19N3O3. The second-order valence-electron chi connectivity index (χ2n) is 4.52. The number of hydrogen-bond donors (Lipinski definition) is 1.